The summed E-state index contributed by atoms with van der Waals surface area (Å²) in [5, 5.41) is 11.7. The number of nitrogens with zero attached hydrogens (tertiary/aromatic N) is 1. The van der Waals surface area contributed by atoms with Gasteiger partial charge in [0.2, 0.25) is 0 Å². The van der Waals surface area contributed by atoms with E-state index in [1.807, 2.05) is 6.92 Å². The first-order valence-corrected chi connectivity index (χ1v) is 7.00. The van der Waals surface area contributed by atoms with Crippen LogP contribution in [0.25, 0.3) is 10.8 Å². The van der Waals surface area contributed by atoms with Gasteiger partial charge in [0, 0.05) is 5.92 Å². The fraction of sp³-hybridized carbons (Fsp3) is 0.389. The highest BCUT2D eigenvalue weighted by Crippen LogP contribution is 2.35. The van der Waals surface area contributed by atoms with Crippen LogP contribution in [0.15, 0.2) is 42.5 Å². The average Bonchev–Trinajstić information content (AvgIpc) is 2.43. The summed E-state index contributed by atoms with van der Waals surface area (Å²) in [5.41, 5.74) is 1.38. The second-order valence-corrected chi connectivity index (χ2v) is 5.68. The standard InChI is InChI=1S/C18H21N/c1-13(2)18(11-14(3)12-19)17-10-6-8-15-7-4-5-9-16(15)17/h4-10,13-14,18H,11H2,1-3H3. The van der Waals surface area contributed by atoms with E-state index < -0.39 is 0 Å². The van der Waals surface area contributed by atoms with Crippen molar-refractivity contribution in [1.82, 2.24) is 0 Å². The van der Waals surface area contributed by atoms with Crippen molar-refractivity contribution < 1.29 is 0 Å². The van der Waals surface area contributed by atoms with Gasteiger partial charge in [-0.3, -0.25) is 0 Å². The predicted molar refractivity (Wildman–Crippen MR) is 80.9 cm³/mol. The molecule has 0 fully saturated rings. The molecule has 1 heteroatoms. The summed E-state index contributed by atoms with van der Waals surface area (Å²) in [6.07, 6.45) is 0.933. The Hall–Kier alpha value is -1.81. The van der Waals surface area contributed by atoms with Gasteiger partial charge in [0.1, 0.15) is 0 Å². The number of hydrogen-bond donors (Lipinski definition) is 0. The Morgan fingerprint density at radius 3 is 2.37 bits per heavy atom. The van der Waals surface area contributed by atoms with Crippen LogP contribution in [0.1, 0.15) is 38.7 Å². The Morgan fingerprint density at radius 1 is 1.00 bits per heavy atom. The first kappa shape index (κ1) is 13.6. The van der Waals surface area contributed by atoms with Gasteiger partial charge in [-0.05, 0) is 41.5 Å². The van der Waals surface area contributed by atoms with Crippen LogP contribution in [0, 0.1) is 23.2 Å². The molecular weight excluding hydrogens is 230 g/mol. The van der Waals surface area contributed by atoms with E-state index in [1.165, 1.54) is 16.3 Å². The van der Waals surface area contributed by atoms with E-state index in [0.717, 1.165) is 6.42 Å². The average molecular weight is 251 g/mol. The van der Waals surface area contributed by atoms with E-state index in [4.69, 9.17) is 5.26 Å². The van der Waals surface area contributed by atoms with Crippen LogP contribution in [0.2, 0.25) is 0 Å². The van der Waals surface area contributed by atoms with E-state index >= 15 is 0 Å². The van der Waals surface area contributed by atoms with E-state index in [9.17, 15) is 0 Å². The molecule has 0 aromatic heterocycles. The van der Waals surface area contributed by atoms with Gasteiger partial charge in [0.05, 0.1) is 6.07 Å². The molecule has 19 heavy (non-hydrogen) atoms. The zero-order chi connectivity index (χ0) is 13.8. The minimum absolute atomic E-state index is 0.103. The molecule has 0 aliphatic rings. The van der Waals surface area contributed by atoms with Gasteiger partial charge < -0.3 is 0 Å². The van der Waals surface area contributed by atoms with Gasteiger partial charge in [-0.1, -0.05) is 56.3 Å². The van der Waals surface area contributed by atoms with Crippen LogP contribution in [0.5, 0.6) is 0 Å². The van der Waals surface area contributed by atoms with Crippen LogP contribution in [-0.4, -0.2) is 0 Å². The third-order valence-electron chi connectivity index (χ3n) is 3.86. The van der Waals surface area contributed by atoms with Gasteiger partial charge in [-0.2, -0.15) is 5.26 Å². The first-order valence-electron chi connectivity index (χ1n) is 7.00. The molecule has 0 saturated heterocycles. The zero-order valence-electron chi connectivity index (χ0n) is 11.9. The van der Waals surface area contributed by atoms with Gasteiger partial charge >= 0.3 is 0 Å². The molecule has 0 amide bonds. The Kier molecular flexibility index (Phi) is 4.22. The Labute approximate surface area is 115 Å². The molecule has 0 saturated carbocycles. The third kappa shape index (κ3) is 2.96. The molecule has 1 nitrogen and oxygen atoms in total. The summed E-state index contributed by atoms with van der Waals surface area (Å²) in [5.74, 6) is 1.09. The van der Waals surface area contributed by atoms with Crippen molar-refractivity contribution in [2.75, 3.05) is 0 Å². The molecule has 2 aromatic rings. The first-order chi connectivity index (χ1) is 9.13. The maximum absolute atomic E-state index is 9.08. The molecule has 0 heterocycles. The summed E-state index contributed by atoms with van der Waals surface area (Å²) in [7, 11) is 0. The molecule has 0 radical (unpaired) electrons. The van der Waals surface area contributed by atoms with Crippen LogP contribution in [0.3, 0.4) is 0 Å². The topological polar surface area (TPSA) is 23.8 Å². The smallest absolute Gasteiger partial charge is 0.0653 e. The summed E-state index contributed by atoms with van der Waals surface area (Å²) in [4.78, 5) is 0. The molecule has 2 rings (SSSR count). The van der Waals surface area contributed by atoms with Crippen LogP contribution >= 0.6 is 0 Å². The molecular formula is C18H21N. The normalized spacial score (nSPS) is 14.3. The maximum atomic E-state index is 9.08. The quantitative estimate of drug-likeness (QED) is 0.739. The van der Waals surface area contributed by atoms with E-state index in [-0.39, 0.29) is 5.92 Å². The summed E-state index contributed by atoms with van der Waals surface area (Å²) < 4.78 is 0. The lowest BCUT2D eigenvalue weighted by atomic mass is 9.80. The predicted octanol–water partition coefficient (Wildman–Crippen LogP) is 5.13. The lowest BCUT2D eigenvalue weighted by Gasteiger charge is -2.24. The molecule has 98 valence electrons. The van der Waals surface area contributed by atoms with E-state index in [2.05, 4.69) is 62.4 Å². The van der Waals surface area contributed by atoms with Crippen molar-refractivity contribution in [1.29, 1.82) is 5.26 Å². The summed E-state index contributed by atoms with van der Waals surface area (Å²) in [6, 6.07) is 17.4. The van der Waals surface area contributed by atoms with Crippen LogP contribution in [0.4, 0.5) is 0 Å². The van der Waals surface area contributed by atoms with Crippen molar-refractivity contribution >= 4 is 10.8 Å². The van der Waals surface area contributed by atoms with Crippen LogP contribution < -0.4 is 0 Å². The molecule has 2 atom stereocenters. The highest BCUT2D eigenvalue weighted by molar-refractivity contribution is 5.86. The number of nitriles is 1. The monoisotopic (exact) mass is 251 g/mol. The minimum Gasteiger partial charge on any atom is -0.198 e. The lowest BCUT2D eigenvalue weighted by molar-refractivity contribution is 0.433. The van der Waals surface area contributed by atoms with Crippen molar-refractivity contribution in [2.24, 2.45) is 11.8 Å². The minimum atomic E-state index is 0.103. The molecule has 2 unspecified atom stereocenters. The van der Waals surface area contributed by atoms with Gasteiger partial charge in [-0.15, -0.1) is 0 Å². The van der Waals surface area contributed by atoms with Crippen molar-refractivity contribution in [2.45, 2.75) is 33.1 Å². The third-order valence-corrected chi connectivity index (χ3v) is 3.86. The molecule has 0 N–H and O–H groups in total. The van der Waals surface area contributed by atoms with Crippen LogP contribution in [-0.2, 0) is 0 Å². The fourth-order valence-electron chi connectivity index (χ4n) is 2.77. The Balaban J connectivity index is 2.48. The number of hydrogen-bond acceptors (Lipinski definition) is 1. The van der Waals surface area contributed by atoms with Gasteiger partial charge in [-0.25, -0.2) is 0 Å². The largest absolute Gasteiger partial charge is 0.198 e. The molecule has 0 aliphatic carbocycles. The fourth-order valence-corrected chi connectivity index (χ4v) is 2.77. The molecule has 0 bridgehead atoms. The van der Waals surface area contributed by atoms with E-state index in [1.54, 1.807) is 0 Å². The summed E-state index contributed by atoms with van der Waals surface area (Å²) in [6.45, 7) is 6.51. The number of rotatable bonds is 4. The second-order valence-electron chi connectivity index (χ2n) is 5.68. The number of fused-ring (bicyclic) bond motifs is 1. The molecule has 0 spiro atoms. The lowest BCUT2D eigenvalue weighted by Crippen LogP contribution is -2.11. The number of benzene rings is 2. The van der Waals surface area contributed by atoms with Crippen molar-refractivity contribution in [3.63, 3.8) is 0 Å². The zero-order valence-corrected chi connectivity index (χ0v) is 11.9. The van der Waals surface area contributed by atoms with Gasteiger partial charge in [0.25, 0.3) is 0 Å². The van der Waals surface area contributed by atoms with Gasteiger partial charge in [0.15, 0.2) is 0 Å². The van der Waals surface area contributed by atoms with Crippen molar-refractivity contribution in [3.05, 3.63) is 48.0 Å². The Bertz CT molecular complexity index is 587. The molecule has 2 aromatic carbocycles. The van der Waals surface area contributed by atoms with E-state index in [0.29, 0.717) is 11.8 Å². The summed E-state index contributed by atoms with van der Waals surface area (Å²) >= 11 is 0. The second kappa shape index (κ2) is 5.89. The SMILES string of the molecule is CC(C#N)CC(c1cccc2ccccc12)C(C)C. The molecule has 0 aliphatic heterocycles. The maximum Gasteiger partial charge on any atom is 0.0653 e. The highest BCUT2D eigenvalue weighted by Gasteiger charge is 2.20. The highest BCUT2D eigenvalue weighted by atomic mass is 14.3. The van der Waals surface area contributed by atoms with Crippen molar-refractivity contribution in [3.8, 4) is 6.07 Å². The Morgan fingerprint density at radius 2 is 1.68 bits per heavy atom.